The van der Waals surface area contributed by atoms with Crippen LogP contribution in [-0.2, 0) is 16.6 Å². The number of sulfonamides is 1. The molecule has 0 spiro atoms. The van der Waals surface area contributed by atoms with E-state index in [0.29, 0.717) is 24.6 Å². The maximum atomic E-state index is 12.4. The molecule has 6 nitrogen and oxygen atoms in total. The van der Waals surface area contributed by atoms with Crippen molar-refractivity contribution in [2.45, 2.75) is 46.2 Å². The Kier molecular flexibility index (Phi) is 4.21. The van der Waals surface area contributed by atoms with Crippen molar-refractivity contribution in [1.29, 1.82) is 0 Å². The van der Waals surface area contributed by atoms with Gasteiger partial charge >= 0.3 is 0 Å². The zero-order chi connectivity index (χ0) is 15.9. The molecule has 2 rings (SSSR count). The summed E-state index contributed by atoms with van der Waals surface area (Å²) in [5, 5.41) is 9.74. The van der Waals surface area contributed by atoms with Crippen LogP contribution >= 0.6 is 0 Å². The second-order valence-corrected chi connectivity index (χ2v) is 8.56. The van der Waals surface area contributed by atoms with E-state index in [-0.39, 0.29) is 15.9 Å². The highest BCUT2D eigenvalue weighted by atomic mass is 32.2. The van der Waals surface area contributed by atoms with E-state index in [9.17, 15) is 8.42 Å². The Morgan fingerprint density at radius 2 is 1.90 bits per heavy atom. The number of aromatic nitrogens is 2. The van der Waals surface area contributed by atoms with Crippen LogP contribution < -0.4 is 10.0 Å². The molecule has 1 heterocycles. The Balaban J connectivity index is 2.05. The van der Waals surface area contributed by atoms with E-state index in [1.807, 2.05) is 6.92 Å². The number of nitrogens with zero attached hydrogens (tertiary/aromatic N) is 1. The molecule has 0 aliphatic heterocycles. The van der Waals surface area contributed by atoms with Gasteiger partial charge in [-0.1, -0.05) is 34.6 Å². The van der Waals surface area contributed by atoms with Crippen molar-refractivity contribution in [3.63, 3.8) is 0 Å². The van der Waals surface area contributed by atoms with E-state index >= 15 is 0 Å². The van der Waals surface area contributed by atoms with Crippen LogP contribution in [0.25, 0.3) is 0 Å². The second kappa shape index (κ2) is 5.37. The van der Waals surface area contributed by atoms with Gasteiger partial charge in [-0.3, -0.25) is 5.10 Å². The van der Waals surface area contributed by atoms with Crippen LogP contribution in [0.3, 0.4) is 0 Å². The van der Waals surface area contributed by atoms with Crippen molar-refractivity contribution in [3.8, 4) is 0 Å². The summed E-state index contributed by atoms with van der Waals surface area (Å²) >= 11 is 0. The van der Waals surface area contributed by atoms with E-state index in [1.165, 1.54) is 0 Å². The highest BCUT2D eigenvalue weighted by molar-refractivity contribution is 7.89. The van der Waals surface area contributed by atoms with Crippen LogP contribution in [0.4, 0.5) is 0 Å². The van der Waals surface area contributed by atoms with Crippen LogP contribution in [0.5, 0.6) is 0 Å². The molecule has 1 aliphatic rings. The predicted molar refractivity (Wildman–Crippen MR) is 82.2 cm³/mol. The van der Waals surface area contributed by atoms with Crippen molar-refractivity contribution in [2.24, 2.45) is 16.7 Å². The van der Waals surface area contributed by atoms with Gasteiger partial charge in [0.2, 0.25) is 0 Å². The molecule has 21 heavy (non-hydrogen) atoms. The quantitative estimate of drug-likeness (QED) is 0.711. The molecule has 0 saturated heterocycles. The molecule has 0 amide bonds. The van der Waals surface area contributed by atoms with Crippen LogP contribution in [0.15, 0.2) is 11.2 Å². The van der Waals surface area contributed by atoms with Gasteiger partial charge < -0.3 is 5.32 Å². The molecule has 1 fully saturated rings. The maximum absolute atomic E-state index is 12.4. The zero-order valence-corrected chi connectivity index (χ0v) is 14.3. The molecular formula is C14H26N4O2S. The first kappa shape index (κ1) is 16.5. The monoisotopic (exact) mass is 314 g/mol. The first-order valence-electron chi connectivity index (χ1n) is 7.37. The van der Waals surface area contributed by atoms with Crippen molar-refractivity contribution in [1.82, 2.24) is 20.2 Å². The Morgan fingerprint density at radius 3 is 2.43 bits per heavy atom. The molecular weight excluding hydrogens is 288 g/mol. The lowest BCUT2D eigenvalue weighted by molar-refractivity contribution is 0.457. The minimum Gasteiger partial charge on any atom is -0.313 e. The number of aromatic amines is 1. The van der Waals surface area contributed by atoms with Gasteiger partial charge in [-0.25, -0.2) is 13.1 Å². The van der Waals surface area contributed by atoms with E-state index < -0.39 is 10.0 Å². The van der Waals surface area contributed by atoms with Gasteiger partial charge in [0.05, 0.1) is 6.20 Å². The fourth-order valence-corrected chi connectivity index (χ4v) is 4.20. The minimum atomic E-state index is -3.54. The lowest BCUT2D eigenvalue weighted by Gasteiger charge is -2.08. The molecule has 0 unspecified atom stereocenters. The zero-order valence-electron chi connectivity index (χ0n) is 13.4. The lowest BCUT2D eigenvalue weighted by Crippen LogP contribution is -2.29. The molecule has 0 atom stereocenters. The number of hydrogen-bond donors (Lipinski definition) is 3. The molecule has 0 radical (unpaired) electrons. The fourth-order valence-electron chi connectivity index (χ4n) is 3.03. The summed E-state index contributed by atoms with van der Waals surface area (Å²) in [5.41, 5.74) is 0.991. The Labute approximate surface area is 127 Å². The standard InChI is InChI=1S/C14H26N4O2S/c1-6-15-7-10-8-16-18-12(10)21(19,20)17-9-11-13(2,3)14(11,4)5/h8,11,15,17H,6-7,9H2,1-5H3,(H,16,18). The number of hydrogen-bond acceptors (Lipinski definition) is 4. The van der Waals surface area contributed by atoms with Crippen LogP contribution in [0.1, 0.15) is 40.2 Å². The van der Waals surface area contributed by atoms with Crippen molar-refractivity contribution in [3.05, 3.63) is 11.8 Å². The van der Waals surface area contributed by atoms with Gasteiger partial charge in [-0.15, -0.1) is 0 Å². The summed E-state index contributed by atoms with van der Waals surface area (Å²) in [5.74, 6) is 0.347. The van der Waals surface area contributed by atoms with E-state index in [2.05, 4.69) is 47.9 Å². The average molecular weight is 314 g/mol. The molecule has 3 N–H and O–H groups in total. The summed E-state index contributed by atoms with van der Waals surface area (Å²) in [6.45, 7) is 12.4. The van der Waals surface area contributed by atoms with Gasteiger partial charge in [0.25, 0.3) is 10.0 Å². The van der Waals surface area contributed by atoms with Crippen LogP contribution in [0.2, 0.25) is 0 Å². The molecule has 120 valence electrons. The SMILES string of the molecule is CCNCc1cn[nH]c1S(=O)(=O)NCC1C(C)(C)C1(C)C. The molecule has 1 aliphatic carbocycles. The van der Waals surface area contributed by atoms with E-state index in [0.717, 1.165) is 6.54 Å². The third-order valence-electron chi connectivity index (χ3n) is 5.31. The number of nitrogens with one attached hydrogen (secondary N) is 3. The van der Waals surface area contributed by atoms with Crippen molar-refractivity contribution >= 4 is 10.0 Å². The number of rotatable bonds is 7. The Morgan fingerprint density at radius 1 is 1.29 bits per heavy atom. The van der Waals surface area contributed by atoms with Crippen molar-refractivity contribution in [2.75, 3.05) is 13.1 Å². The number of H-pyrrole nitrogens is 1. The third-order valence-corrected chi connectivity index (χ3v) is 6.75. The highest BCUT2D eigenvalue weighted by Crippen LogP contribution is 2.67. The maximum Gasteiger partial charge on any atom is 0.257 e. The largest absolute Gasteiger partial charge is 0.313 e. The second-order valence-electron chi connectivity index (χ2n) is 6.85. The first-order valence-corrected chi connectivity index (χ1v) is 8.85. The van der Waals surface area contributed by atoms with Crippen molar-refractivity contribution < 1.29 is 8.42 Å². The van der Waals surface area contributed by atoms with Gasteiger partial charge in [0, 0.05) is 18.7 Å². The fraction of sp³-hybridized carbons (Fsp3) is 0.786. The molecule has 1 aromatic rings. The molecule has 1 saturated carbocycles. The van der Waals surface area contributed by atoms with Gasteiger partial charge in [0.15, 0.2) is 5.03 Å². The van der Waals surface area contributed by atoms with Gasteiger partial charge in [-0.05, 0) is 23.3 Å². The van der Waals surface area contributed by atoms with E-state index in [4.69, 9.17) is 0 Å². The normalized spacial score (nSPS) is 20.6. The third kappa shape index (κ3) is 2.86. The summed E-state index contributed by atoms with van der Waals surface area (Å²) in [7, 11) is -3.54. The molecule has 7 heteroatoms. The van der Waals surface area contributed by atoms with Gasteiger partial charge in [-0.2, -0.15) is 5.10 Å². The lowest BCUT2D eigenvalue weighted by atomic mass is 10.0. The first-order chi connectivity index (χ1) is 9.64. The predicted octanol–water partition coefficient (Wildman–Crippen LogP) is 1.48. The topological polar surface area (TPSA) is 86.9 Å². The summed E-state index contributed by atoms with van der Waals surface area (Å²) in [6.07, 6.45) is 1.56. The smallest absolute Gasteiger partial charge is 0.257 e. The Hall–Kier alpha value is -0.920. The van der Waals surface area contributed by atoms with Crippen LogP contribution in [-0.4, -0.2) is 31.7 Å². The van der Waals surface area contributed by atoms with Crippen LogP contribution in [0, 0.1) is 16.7 Å². The summed E-state index contributed by atoms with van der Waals surface area (Å²) in [6, 6.07) is 0. The molecule has 1 aromatic heterocycles. The molecule has 0 bridgehead atoms. The van der Waals surface area contributed by atoms with E-state index in [1.54, 1.807) is 6.20 Å². The average Bonchev–Trinajstić information content (AvgIpc) is 2.75. The molecule has 0 aromatic carbocycles. The Bertz CT molecular complexity index is 590. The minimum absolute atomic E-state index is 0.163. The highest BCUT2D eigenvalue weighted by Gasteiger charge is 2.64. The van der Waals surface area contributed by atoms with Gasteiger partial charge in [0.1, 0.15) is 0 Å². The summed E-state index contributed by atoms with van der Waals surface area (Å²) in [4.78, 5) is 0. The summed E-state index contributed by atoms with van der Waals surface area (Å²) < 4.78 is 27.6.